The maximum absolute atomic E-state index is 12.3. The Kier molecular flexibility index (Phi) is 7.37. The molecule has 0 fully saturated rings. The van der Waals surface area contributed by atoms with Crippen LogP contribution in [-0.2, 0) is 20.9 Å². The Bertz CT molecular complexity index is 1050. The van der Waals surface area contributed by atoms with Crippen molar-refractivity contribution in [3.63, 3.8) is 0 Å². The van der Waals surface area contributed by atoms with Crippen molar-refractivity contribution >= 4 is 12.1 Å². The van der Waals surface area contributed by atoms with Crippen LogP contribution < -0.4 is 10.6 Å². The van der Waals surface area contributed by atoms with Crippen LogP contribution in [-0.4, -0.2) is 37.8 Å². The first kappa shape index (κ1) is 22.6. The number of nitrogens with one attached hydrogen (secondary N) is 2. The number of hydrogen-bond donors (Lipinski definition) is 2. The summed E-state index contributed by atoms with van der Waals surface area (Å²) >= 11 is 0. The van der Waals surface area contributed by atoms with Crippen LogP contribution in [0.3, 0.4) is 0 Å². The molecule has 0 saturated carbocycles. The van der Waals surface area contributed by atoms with E-state index in [9.17, 15) is 9.59 Å². The predicted octanol–water partition coefficient (Wildman–Crippen LogP) is 4.25. The van der Waals surface area contributed by atoms with E-state index in [2.05, 4.69) is 34.9 Å². The highest BCUT2D eigenvalue weighted by Crippen LogP contribution is 2.44. The highest BCUT2D eigenvalue weighted by atomic mass is 16.5. The molecule has 1 amide bonds. The minimum atomic E-state index is -0.474. The van der Waals surface area contributed by atoms with Gasteiger partial charge < -0.3 is 20.1 Å². The third-order valence-corrected chi connectivity index (χ3v) is 5.67. The quantitative estimate of drug-likeness (QED) is 0.483. The smallest absolute Gasteiger partial charge is 0.407 e. The highest BCUT2D eigenvalue weighted by molar-refractivity contribution is 5.79. The molecule has 0 spiro atoms. The molecule has 3 aromatic carbocycles. The lowest BCUT2D eigenvalue weighted by molar-refractivity contribution is -0.143. The number of alkyl carbamates (subject to hydrolysis) is 1. The Morgan fingerprint density at radius 2 is 1.45 bits per heavy atom. The number of amides is 1. The fraction of sp³-hybridized carbons (Fsp3) is 0.259. The number of ether oxygens (including phenoxy) is 2. The topological polar surface area (TPSA) is 76.7 Å². The monoisotopic (exact) mass is 444 g/mol. The molecule has 1 atom stereocenters. The van der Waals surface area contributed by atoms with Gasteiger partial charge in [0.2, 0.25) is 0 Å². The van der Waals surface area contributed by atoms with Gasteiger partial charge in [-0.3, -0.25) is 4.79 Å². The fourth-order valence-electron chi connectivity index (χ4n) is 4.07. The lowest BCUT2D eigenvalue weighted by Gasteiger charge is -2.17. The molecule has 33 heavy (non-hydrogen) atoms. The second-order valence-corrected chi connectivity index (χ2v) is 8.15. The minimum absolute atomic E-state index is 0.0240. The van der Waals surface area contributed by atoms with Gasteiger partial charge in [-0.05, 0) is 34.7 Å². The summed E-state index contributed by atoms with van der Waals surface area (Å²) in [4.78, 5) is 24.2. The molecule has 4 rings (SSSR count). The number of esters is 1. The predicted molar refractivity (Wildman–Crippen MR) is 127 cm³/mol. The lowest BCUT2D eigenvalue weighted by atomic mass is 9.98. The molecule has 6 heteroatoms. The van der Waals surface area contributed by atoms with E-state index >= 15 is 0 Å². The fourth-order valence-corrected chi connectivity index (χ4v) is 4.07. The first-order chi connectivity index (χ1) is 16.1. The molecule has 1 aliphatic rings. The molecular formula is C27H28N2O4. The Balaban J connectivity index is 1.18. The average molecular weight is 445 g/mol. The summed E-state index contributed by atoms with van der Waals surface area (Å²) in [7, 11) is 0. The zero-order valence-electron chi connectivity index (χ0n) is 18.6. The minimum Gasteiger partial charge on any atom is -0.460 e. The van der Waals surface area contributed by atoms with Crippen molar-refractivity contribution in [1.29, 1.82) is 0 Å². The lowest BCUT2D eigenvalue weighted by Crippen LogP contribution is -2.42. The summed E-state index contributed by atoms with van der Waals surface area (Å²) in [5, 5.41) is 5.81. The van der Waals surface area contributed by atoms with E-state index in [4.69, 9.17) is 9.47 Å². The molecule has 0 radical (unpaired) electrons. The first-order valence-electron chi connectivity index (χ1n) is 11.1. The summed E-state index contributed by atoms with van der Waals surface area (Å²) < 4.78 is 10.8. The molecular weight excluding hydrogens is 416 g/mol. The van der Waals surface area contributed by atoms with Crippen molar-refractivity contribution in [3.05, 3.63) is 95.6 Å². The van der Waals surface area contributed by atoms with Gasteiger partial charge in [-0.15, -0.1) is 0 Å². The Morgan fingerprint density at radius 3 is 2.12 bits per heavy atom. The van der Waals surface area contributed by atoms with Crippen LogP contribution in [0.4, 0.5) is 4.79 Å². The van der Waals surface area contributed by atoms with Crippen LogP contribution in [0.25, 0.3) is 11.1 Å². The standard InChI is InChI=1S/C27H28N2O4/c1-19(15-28-16-26(30)32-17-20-9-3-2-4-10-20)29-27(31)33-18-25-23-13-7-5-11-21(23)22-12-6-8-14-24(22)25/h2-14,19,25,28H,15-18H2,1H3,(H,29,31)/t19-/m0/s1. The van der Waals surface area contributed by atoms with Crippen molar-refractivity contribution in [1.82, 2.24) is 10.6 Å². The summed E-state index contributed by atoms with van der Waals surface area (Å²) in [6.45, 7) is 2.86. The van der Waals surface area contributed by atoms with Gasteiger partial charge in [-0.1, -0.05) is 78.9 Å². The summed E-state index contributed by atoms with van der Waals surface area (Å²) in [5.74, 6) is -0.317. The van der Waals surface area contributed by atoms with Crippen LogP contribution in [0.2, 0.25) is 0 Å². The van der Waals surface area contributed by atoms with Crippen LogP contribution in [0.15, 0.2) is 78.9 Å². The largest absolute Gasteiger partial charge is 0.460 e. The van der Waals surface area contributed by atoms with Crippen molar-refractivity contribution in [2.75, 3.05) is 19.7 Å². The van der Waals surface area contributed by atoms with Gasteiger partial charge in [0.05, 0.1) is 6.54 Å². The van der Waals surface area contributed by atoms with E-state index in [1.807, 2.05) is 61.5 Å². The van der Waals surface area contributed by atoms with Crippen LogP contribution in [0, 0.1) is 0 Å². The SMILES string of the molecule is C[C@@H](CNCC(=O)OCc1ccccc1)NC(=O)OCC1c2ccccc2-c2ccccc21. The average Bonchev–Trinajstić information content (AvgIpc) is 3.16. The second kappa shape index (κ2) is 10.8. The van der Waals surface area contributed by atoms with Crippen LogP contribution in [0.1, 0.15) is 29.5 Å². The summed E-state index contributed by atoms with van der Waals surface area (Å²) in [6, 6.07) is 25.8. The van der Waals surface area contributed by atoms with E-state index in [0.717, 1.165) is 5.56 Å². The number of carbonyl (C=O) groups excluding carboxylic acids is 2. The Hall–Kier alpha value is -3.64. The number of rotatable bonds is 9. The maximum atomic E-state index is 12.3. The van der Waals surface area contributed by atoms with E-state index in [-0.39, 0.29) is 37.7 Å². The molecule has 0 unspecified atom stereocenters. The zero-order chi connectivity index (χ0) is 23.0. The molecule has 3 aromatic rings. The third-order valence-electron chi connectivity index (χ3n) is 5.67. The second-order valence-electron chi connectivity index (χ2n) is 8.15. The van der Waals surface area contributed by atoms with E-state index in [1.165, 1.54) is 22.3 Å². The van der Waals surface area contributed by atoms with Gasteiger partial charge in [-0.25, -0.2) is 4.79 Å². The van der Waals surface area contributed by atoms with Gasteiger partial charge in [0.1, 0.15) is 13.2 Å². The molecule has 0 aromatic heterocycles. The molecule has 170 valence electrons. The molecule has 0 heterocycles. The number of fused-ring (bicyclic) bond motifs is 3. The number of benzene rings is 3. The van der Waals surface area contributed by atoms with E-state index < -0.39 is 6.09 Å². The maximum Gasteiger partial charge on any atom is 0.407 e. The van der Waals surface area contributed by atoms with Gasteiger partial charge in [0, 0.05) is 18.5 Å². The zero-order valence-corrected chi connectivity index (χ0v) is 18.6. The Morgan fingerprint density at radius 1 is 0.848 bits per heavy atom. The Labute approximate surface area is 193 Å². The number of carbonyl (C=O) groups is 2. The molecule has 1 aliphatic carbocycles. The number of hydrogen-bond acceptors (Lipinski definition) is 5. The van der Waals surface area contributed by atoms with Gasteiger partial charge >= 0.3 is 12.1 Å². The molecule has 0 bridgehead atoms. The molecule has 2 N–H and O–H groups in total. The van der Waals surface area contributed by atoms with Gasteiger partial charge in [0.15, 0.2) is 0 Å². The van der Waals surface area contributed by atoms with Gasteiger partial charge in [-0.2, -0.15) is 0 Å². The summed E-state index contributed by atoms with van der Waals surface area (Å²) in [5.41, 5.74) is 5.68. The van der Waals surface area contributed by atoms with Gasteiger partial charge in [0.25, 0.3) is 0 Å². The van der Waals surface area contributed by atoms with Crippen LogP contribution in [0.5, 0.6) is 0 Å². The van der Waals surface area contributed by atoms with Crippen LogP contribution >= 0.6 is 0 Å². The van der Waals surface area contributed by atoms with Crippen molar-refractivity contribution in [2.24, 2.45) is 0 Å². The first-order valence-corrected chi connectivity index (χ1v) is 11.1. The van der Waals surface area contributed by atoms with Crippen molar-refractivity contribution in [2.45, 2.75) is 25.5 Å². The molecule has 0 aliphatic heterocycles. The van der Waals surface area contributed by atoms with Crippen molar-refractivity contribution in [3.8, 4) is 11.1 Å². The summed E-state index contributed by atoms with van der Waals surface area (Å²) in [6.07, 6.45) is -0.474. The van der Waals surface area contributed by atoms with E-state index in [1.54, 1.807) is 0 Å². The highest BCUT2D eigenvalue weighted by Gasteiger charge is 2.29. The molecule has 0 saturated heterocycles. The van der Waals surface area contributed by atoms with E-state index in [0.29, 0.717) is 6.54 Å². The molecule has 6 nitrogen and oxygen atoms in total. The normalized spacial score (nSPS) is 13.0. The van der Waals surface area contributed by atoms with Crippen molar-refractivity contribution < 1.29 is 19.1 Å². The third kappa shape index (κ3) is 5.79.